The molecule has 21 heavy (non-hydrogen) atoms. The number of ketones is 1. The minimum Gasteiger partial charge on any atom is -0.494 e. The van der Waals surface area contributed by atoms with Gasteiger partial charge in [-0.2, -0.15) is 0 Å². The van der Waals surface area contributed by atoms with E-state index in [1.54, 1.807) is 0 Å². The number of Topliss-reactive ketones (excluding diaryl/α,β-unsaturated/α-hetero) is 1. The average Bonchev–Trinajstić information content (AvgIpc) is 2.54. The molecule has 0 saturated carbocycles. The van der Waals surface area contributed by atoms with E-state index in [9.17, 15) is 4.79 Å². The number of ether oxygens (including phenoxy) is 1. The lowest BCUT2D eigenvalue weighted by molar-refractivity contribution is 0.0704. The van der Waals surface area contributed by atoms with Gasteiger partial charge in [0.25, 0.3) is 0 Å². The van der Waals surface area contributed by atoms with Gasteiger partial charge in [0.2, 0.25) is 0 Å². The SMILES string of the molecule is CCCOc1ccc(C(=O)C2(CCC)CCNCC2)cc1. The van der Waals surface area contributed by atoms with Crippen LogP contribution in [0.4, 0.5) is 0 Å². The van der Waals surface area contributed by atoms with Crippen molar-refractivity contribution in [1.82, 2.24) is 5.32 Å². The predicted molar refractivity (Wildman–Crippen MR) is 86.0 cm³/mol. The van der Waals surface area contributed by atoms with Crippen molar-refractivity contribution >= 4 is 5.78 Å². The molecule has 1 fully saturated rings. The van der Waals surface area contributed by atoms with E-state index in [4.69, 9.17) is 4.74 Å². The highest BCUT2D eigenvalue weighted by Crippen LogP contribution is 2.37. The Morgan fingerprint density at radius 2 is 1.81 bits per heavy atom. The zero-order valence-corrected chi connectivity index (χ0v) is 13.3. The van der Waals surface area contributed by atoms with Crippen LogP contribution in [0.3, 0.4) is 0 Å². The number of nitrogens with one attached hydrogen (secondary N) is 1. The van der Waals surface area contributed by atoms with E-state index in [-0.39, 0.29) is 5.41 Å². The van der Waals surface area contributed by atoms with Crippen LogP contribution in [0.15, 0.2) is 24.3 Å². The number of hydrogen-bond donors (Lipinski definition) is 1. The molecule has 0 spiro atoms. The third kappa shape index (κ3) is 3.85. The summed E-state index contributed by atoms with van der Waals surface area (Å²) in [5, 5.41) is 3.36. The molecule has 1 N–H and O–H groups in total. The molecule has 2 rings (SSSR count). The first kappa shape index (κ1) is 16.0. The molecule has 0 amide bonds. The summed E-state index contributed by atoms with van der Waals surface area (Å²) >= 11 is 0. The van der Waals surface area contributed by atoms with Gasteiger partial charge in [0.15, 0.2) is 5.78 Å². The van der Waals surface area contributed by atoms with E-state index in [2.05, 4.69) is 19.2 Å². The smallest absolute Gasteiger partial charge is 0.169 e. The molecule has 3 nitrogen and oxygen atoms in total. The van der Waals surface area contributed by atoms with Crippen LogP contribution >= 0.6 is 0 Å². The van der Waals surface area contributed by atoms with Crippen LogP contribution in [0.25, 0.3) is 0 Å². The largest absolute Gasteiger partial charge is 0.494 e. The Morgan fingerprint density at radius 1 is 1.14 bits per heavy atom. The van der Waals surface area contributed by atoms with Crippen molar-refractivity contribution in [2.45, 2.75) is 46.0 Å². The van der Waals surface area contributed by atoms with Crippen molar-refractivity contribution < 1.29 is 9.53 Å². The van der Waals surface area contributed by atoms with Gasteiger partial charge in [0.05, 0.1) is 6.61 Å². The molecule has 1 saturated heterocycles. The Bertz CT molecular complexity index is 441. The fraction of sp³-hybridized carbons (Fsp3) is 0.611. The topological polar surface area (TPSA) is 38.3 Å². The maximum atomic E-state index is 13.0. The summed E-state index contributed by atoms with van der Waals surface area (Å²) in [6.45, 7) is 6.87. The first-order chi connectivity index (χ1) is 10.2. The Kier molecular flexibility index (Phi) is 5.80. The molecule has 1 aliphatic heterocycles. The highest BCUT2D eigenvalue weighted by molar-refractivity contribution is 6.00. The van der Waals surface area contributed by atoms with Gasteiger partial charge >= 0.3 is 0 Å². The first-order valence-electron chi connectivity index (χ1n) is 8.20. The molecule has 116 valence electrons. The van der Waals surface area contributed by atoms with Crippen LogP contribution in [0, 0.1) is 5.41 Å². The number of carbonyl (C=O) groups is 1. The molecule has 0 bridgehead atoms. The van der Waals surface area contributed by atoms with Gasteiger partial charge in [0.1, 0.15) is 5.75 Å². The number of rotatable bonds is 7. The number of hydrogen-bond acceptors (Lipinski definition) is 3. The van der Waals surface area contributed by atoms with Gasteiger partial charge in [-0.25, -0.2) is 0 Å². The van der Waals surface area contributed by atoms with Gasteiger partial charge in [0, 0.05) is 11.0 Å². The normalized spacial score (nSPS) is 17.4. The Labute approximate surface area is 128 Å². The van der Waals surface area contributed by atoms with E-state index < -0.39 is 0 Å². The molecule has 1 aromatic carbocycles. The predicted octanol–water partition coefficient (Wildman–Crippen LogP) is 3.83. The maximum absolute atomic E-state index is 13.0. The zero-order valence-electron chi connectivity index (χ0n) is 13.3. The number of carbonyl (C=O) groups excluding carboxylic acids is 1. The van der Waals surface area contributed by atoms with Gasteiger partial charge < -0.3 is 10.1 Å². The van der Waals surface area contributed by atoms with Gasteiger partial charge in [-0.3, -0.25) is 4.79 Å². The van der Waals surface area contributed by atoms with Crippen LogP contribution in [0.1, 0.15) is 56.3 Å². The summed E-state index contributed by atoms with van der Waals surface area (Å²) in [5.74, 6) is 1.16. The first-order valence-corrected chi connectivity index (χ1v) is 8.20. The molecule has 0 unspecified atom stereocenters. The molecule has 0 radical (unpaired) electrons. The van der Waals surface area contributed by atoms with E-state index in [1.165, 1.54) is 0 Å². The van der Waals surface area contributed by atoms with Gasteiger partial charge in [-0.15, -0.1) is 0 Å². The summed E-state index contributed by atoms with van der Waals surface area (Å²) in [6.07, 6.45) is 4.94. The number of piperidine rings is 1. The molecule has 0 aromatic heterocycles. The van der Waals surface area contributed by atoms with Crippen LogP contribution in [0.2, 0.25) is 0 Å². The molecule has 3 heteroatoms. The molecule has 1 aliphatic rings. The van der Waals surface area contributed by atoms with Crippen molar-refractivity contribution in [3.63, 3.8) is 0 Å². The number of benzene rings is 1. The third-order valence-corrected chi connectivity index (χ3v) is 4.36. The lowest BCUT2D eigenvalue weighted by Gasteiger charge is -2.36. The highest BCUT2D eigenvalue weighted by atomic mass is 16.5. The summed E-state index contributed by atoms with van der Waals surface area (Å²) in [4.78, 5) is 13.0. The standard InChI is InChI=1S/C18H27NO2/c1-3-9-18(10-12-19-13-11-18)17(20)15-5-7-16(8-6-15)21-14-4-2/h5-8,19H,3-4,9-14H2,1-2H3. The highest BCUT2D eigenvalue weighted by Gasteiger charge is 2.38. The lowest BCUT2D eigenvalue weighted by atomic mass is 9.70. The maximum Gasteiger partial charge on any atom is 0.169 e. The van der Waals surface area contributed by atoms with Crippen LogP contribution in [-0.4, -0.2) is 25.5 Å². The lowest BCUT2D eigenvalue weighted by Crippen LogP contribution is -2.42. The van der Waals surface area contributed by atoms with Crippen molar-refractivity contribution in [2.24, 2.45) is 5.41 Å². The van der Waals surface area contributed by atoms with Crippen molar-refractivity contribution in [1.29, 1.82) is 0 Å². The Morgan fingerprint density at radius 3 is 2.38 bits per heavy atom. The molecular formula is C18H27NO2. The minimum atomic E-state index is -0.161. The zero-order chi connectivity index (χ0) is 15.1. The van der Waals surface area contributed by atoms with Crippen LogP contribution < -0.4 is 10.1 Å². The minimum absolute atomic E-state index is 0.161. The quantitative estimate of drug-likeness (QED) is 0.775. The van der Waals surface area contributed by atoms with Crippen LogP contribution in [0.5, 0.6) is 5.75 Å². The Balaban J connectivity index is 2.12. The van der Waals surface area contributed by atoms with Crippen LogP contribution in [-0.2, 0) is 0 Å². The summed E-state index contributed by atoms with van der Waals surface area (Å²) in [6, 6.07) is 7.69. The van der Waals surface area contributed by atoms with E-state index in [1.807, 2.05) is 24.3 Å². The Hall–Kier alpha value is -1.35. The second kappa shape index (κ2) is 7.60. The molecular weight excluding hydrogens is 262 g/mol. The summed E-state index contributed by atoms with van der Waals surface area (Å²) in [5.41, 5.74) is 0.667. The fourth-order valence-electron chi connectivity index (χ4n) is 3.20. The van der Waals surface area contributed by atoms with E-state index in [0.717, 1.165) is 63.1 Å². The van der Waals surface area contributed by atoms with Gasteiger partial charge in [-0.05, 0) is 63.0 Å². The third-order valence-electron chi connectivity index (χ3n) is 4.36. The van der Waals surface area contributed by atoms with Crippen molar-refractivity contribution in [2.75, 3.05) is 19.7 Å². The monoisotopic (exact) mass is 289 g/mol. The average molecular weight is 289 g/mol. The second-order valence-corrected chi connectivity index (χ2v) is 5.98. The summed E-state index contributed by atoms with van der Waals surface area (Å²) < 4.78 is 5.59. The van der Waals surface area contributed by atoms with Gasteiger partial charge in [-0.1, -0.05) is 20.3 Å². The van der Waals surface area contributed by atoms with Crippen molar-refractivity contribution in [3.05, 3.63) is 29.8 Å². The van der Waals surface area contributed by atoms with E-state index >= 15 is 0 Å². The fourth-order valence-corrected chi connectivity index (χ4v) is 3.20. The van der Waals surface area contributed by atoms with Crippen molar-refractivity contribution in [3.8, 4) is 5.75 Å². The second-order valence-electron chi connectivity index (χ2n) is 5.98. The molecule has 1 heterocycles. The molecule has 0 aliphatic carbocycles. The summed E-state index contributed by atoms with van der Waals surface area (Å²) in [7, 11) is 0. The molecule has 1 aromatic rings. The van der Waals surface area contributed by atoms with E-state index in [0.29, 0.717) is 5.78 Å². The molecule has 0 atom stereocenters.